The van der Waals surface area contributed by atoms with Crippen LogP contribution in [0.5, 0.6) is 0 Å². The number of carbonyl (C=O) groups excluding carboxylic acids is 1. The van der Waals surface area contributed by atoms with Gasteiger partial charge >= 0.3 is 0 Å². The van der Waals surface area contributed by atoms with Gasteiger partial charge in [0.1, 0.15) is 5.82 Å². The van der Waals surface area contributed by atoms with Crippen LogP contribution in [0.1, 0.15) is 42.6 Å². The number of amides is 1. The van der Waals surface area contributed by atoms with E-state index in [0.717, 1.165) is 0 Å². The van der Waals surface area contributed by atoms with E-state index in [4.69, 9.17) is 0 Å². The molecule has 1 amide bonds. The Bertz CT molecular complexity index is 420. The fourth-order valence-electron chi connectivity index (χ4n) is 1.84. The second-order valence-electron chi connectivity index (χ2n) is 4.56. The normalized spacial score (nSPS) is 11.4. The molecule has 1 aromatic rings. The molecule has 1 aromatic carbocycles. The molecule has 1 rings (SSSR count). The number of halogens is 1. The van der Waals surface area contributed by atoms with Gasteiger partial charge in [-0.1, -0.05) is 19.9 Å². The van der Waals surface area contributed by atoms with Crippen molar-refractivity contribution in [1.82, 2.24) is 5.32 Å². The van der Waals surface area contributed by atoms with Gasteiger partial charge < -0.3 is 10.4 Å². The van der Waals surface area contributed by atoms with Gasteiger partial charge in [0.05, 0.1) is 12.1 Å². The molecule has 3 nitrogen and oxygen atoms in total. The summed E-state index contributed by atoms with van der Waals surface area (Å²) in [5.41, 5.74) is 0.401. The van der Waals surface area contributed by atoms with Gasteiger partial charge in [-0.2, -0.15) is 0 Å². The molecule has 0 aliphatic carbocycles. The summed E-state index contributed by atoms with van der Waals surface area (Å²) in [6, 6.07) is 4.12. The van der Waals surface area contributed by atoms with Crippen molar-refractivity contribution in [1.29, 1.82) is 0 Å². The number of aliphatic hydroxyl groups is 1. The highest BCUT2D eigenvalue weighted by molar-refractivity contribution is 5.96. The Kier molecular flexibility index (Phi) is 4.84. The first-order valence-corrected chi connectivity index (χ1v) is 6.17. The van der Waals surface area contributed by atoms with Gasteiger partial charge in [0, 0.05) is 5.56 Å². The van der Waals surface area contributed by atoms with Crippen molar-refractivity contribution in [2.24, 2.45) is 0 Å². The van der Waals surface area contributed by atoms with Crippen LogP contribution < -0.4 is 5.32 Å². The third-order valence-electron chi connectivity index (χ3n) is 3.48. The van der Waals surface area contributed by atoms with Crippen LogP contribution in [-0.4, -0.2) is 23.2 Å². The molecule has 0 radical (unpaired) electrons. The van der Waals surface area contributed by atoms with Gasteiger partial charge in [0.15, 0.2) is 0 Å². The molecule has 0 aliphatic heterocycles. The highest BCUT2D eigenvalue weighted by Crippen LogP contribution is 2.17. The summed E-state index contributed by atoms with van der Waals surface area (Å²) in [6.07, 6.45) is 1.25. The topological polar surface area (TPSA) is 49.3 Å². The molecule has 0 saturated heterocycles. The third-order valence-corrected chi connectivity index (χ3v) is 3.48. The Hall–Kier alpha value is -1.42. The van der Waals surface area contributed by atoms with Crippen LogP contribution in [0.4, 0.5) is 4.39 Å². The second kappa shape index (κ2) is 5.96. The van der Waals surface area contributed by atoms with Crippen molar-refractivity contribution in [2.45, 2.75) is 39.2 Å². The minimum absolute atomic E-state index is 0.125. The summed E-state index contributed by atoms with van der Waals surface area (Å²) in [5.74, 6) is -0.780. The van der Waals surface area contributed by atoms with E-state index >= 15 is 0 Å². The summed E-state index contributed by atoms with van der Waals surface area (Å²) in [6.45, 7) is 5.43. The standard InChI is InChI=1S/C14H20FNO2/c1-4-14(5-2,9-17)16-13(18)12-8-11(15)7-6-10(12)3/h6-8,17H,4-5,9H2,1-3H3,(H,16,18). The molecule has 0 bridgehead atoms. The summed E-state index contributed by atoms with van der Waals surface area (Å²) in [4.78, 5) is 12.1. The van der Waals surface area contributed by atoms with Gasteiger partial charge in [-0.15, -0.1) is 0 Å². The maximum absolute atomic E-state index is 13.2. The molecule has 0 fully saturated rings. The Morgan fingerprint density at radius 2 is 2.00 bits per heavy atom. The molecule has 0 aliphatic rings. The Labute approximate surface area is 107 Å². The monoisotopic (exact) mass is 253 g/mol. The molecule has 0 spiro atoms. The van der Waals surface area contributed by atoms with Crippen LogP contribution in [0.15, 0.2) is 18.2 Å². The number of nitrogens with one attached hydrogen (secondary N) is 1. The van der Waals surface area contributed by atoms with Gasteiger partial charge in [0.2, 0.25) is 0 Å². The Morgan fingerprint density at radius 3 is 2.50 bits per heavy atom. The van der Waals surface area contributed by atoms with Crippen molar-refractivity contribution in [2.75, 3.05) is 6.61 Å². The zero-order chi connectivity index (χ0) is 13.8. The molecule has 0 atom stereocenters. The lowest BCUT2D eigenvalue weighted by Crippen LogP contribution is -2.50. The SMILES string of the molecule is CCC(CC)(CO)NC(=O)c1cc(F)ccc1C. The Morgan fingerprint density at radius 1 is 1.39 bits per heavy atom. The number of hydrogen-bond acceptors (Lipinski definition) is 2. The van der Waals surface area contributed by atoms with Gasteiger partial charge in [0.25, 0.3) is 5.91 Å². The van der Waals surface area contributed by atoms with Crippen LogP contribution in [0.2, 0.25) is 0 Å². The third kappa shape index (κ3) is 3.07. The van der Waals surface area contributed by atoms with Crippen LogP contribution in [0, 0.1) is 12.7 Å². The molecule has 2 N–H and O–H groups in total. The van der Waals surface area contributed by atoms with Crippen LogP contribution in [0.3, 0.4) is 0 Å². The smallest absolute Gasteiger partial charge is 0.252 e. The molecular formula is C14H20FNO2. The van der Waals surface area contributed by atoms with Crippen molar-refractivity contribution in [3.8, 4) is 0 Å². The molecule has 18 heavy (non-hydrogen) atoms. The van der Waals surface area contributed by atoms with E-state index in [1.807, 2.05) is 13.8 Å². The van der Waals surface area contributed by atoms with E-state index in [1.165, 1.54) is 12.1 Å². The summed E-state index contributed by atoms with van der Waals surface area (Å²) >= 11 is 0. The maximum Gasteiger partial charge on any atom is 0.252 e. The number of hydrogen-bond donors (Lipinski definition) is 2. The van der Waals surface area contributed by atoms with Crippen molar-refractivity contribution in [3.63, 3.8) is 0 Å². The Balaban J connectivity index is 2.97. The lowest BCUT2D eigenvalue weighted by molar-refractivity contribution is 0.0817. The maximum atomic E-state index is 13.2. The average molecular weight is 253 g/mol. The minimum atomic E-state index is -0.629. The lowest BCUT2D eigenvalue weighted by Gasteiger charge is -2.31. The largest absolute Gasteiger partial charge is 0.394 e. The molecular weight excluding hydrogens is 233 g/mol. The molecule has 0 unspecified atom stereocenters. The fourth-order valence-corrected chi connectivity index (χ4v) is 1.84. The fraction of sp³-hybridized carbons (Fsp3) is 0.500. The number of benzene rings is 1. The highest BCUT2D eigenvalue weighted by Gasteiger charge is 2.28. The van der Waals surface area contributed by atoms with Crippen molar-refractivity contribution >= 4 is 5.91 Å². The zero-order valence-corrected chi connectivity index (χ0v) is 11.1. The summed E-state index contributed by atoms with van der Waals surface area (Å²) in [7, 11) is 0. The van der Waals surface area contributed by atoms with E-state index in [2.05, 4.69) is 5.32 Å². The number of rotatable bonds is 5. The second-order valence-corrected chi connectivity index (χ2v) is 4.56. The van der Waals surface area contributed by atoms with E-state index in [0.29, 0.717) is 24.0 Å². The number of carbonyl (C=O) groups is 1. The van der Waals surface area contributed by atoms with E-state index in [9.17, 15) is 14.3 Å². The predicted molar refractivity (Wildman–Crippen MR) is 69.0 cm³/mol. The molecule has 100 valence electrons. The van der Waals surface area contributed by atoms with E-state index in [1.54, 1.807) is 13.0 Å². The lowest BCUT2D eigenvalue weighted by atomic mass is 9.93. The summed E-state index contributed by atoms with van der Waals surface area (Å²) in [5, 5.41) is 12.2. The highest BCUT2D eigenvalue weighted by atomic mass is 19.1. The van der Waals surface area contributed by atoms with Crippen LogP contribution >= 0.6 is 0 Å². The van der Waals surface area contributed by atoms with Crippen LogP contribution in [0.25, 0.3) is 0 Å². The van der Waals surface area contributed by atoms with Crippen molar-refractivity contribution in [3.05, 3.63) is 35.1 Å². The predicted octanol–water partition coefficient (Wildman–Crippen LogP) is 2.42. The zero-order valence-electron chi connectivity index (χ0n) is 11.1. The first-order chi connectivity index (χ1) is 8.48. The van der Waals surface area contributed by atoms with Crippen molar-refractivity contribution < 1.29 is 14.3 Å². The number of aliphatic hydroxyl groups excluding tert-OH is 1. The molecule has 4 heteroatoms. The molecule has 0 aromatic heterocycles. The average Bonchev–Trinajstić information content (AvgIpc) is 2.38. The van der Waals surface area contributed by atoms with E-state index < -0.39 is 11.4 Å². The van der Waals surface area contributed by atoms with Gasteiger partial charge in [-0.25, -0.2) is 4.39 Å². The first kappa shape index (κ1) is 14.6. The number of aryl methyl sites for hydroxylation is 1. The van der Waals surface area contributed by atoms with Gasteiger partial charge in [-0.05, 0) is 37.5 Å². The van der Waals surface area contributed by atoms with E-state index in [-0.39, 0.29) is 12.5 Å². The quantitative estimate of drug-likeness (QED) is 0.846. The van der Waals surface area contributed by atoms with Gasteiger partial charge in [-0.3, -0.25) is 4.79 Å². The molecule has 0 saturated carbocycles. The minimum Gasteiger partial charge on any atom is -0.394 e. The summed E-state index contributed by atoms with van der Waals surface area (Å²) < 4.78 is 13.2. The molecule has 0 heterocycles. The first-order valence-electron chi connectivity index (χ1n) is 6.17. The van der Waals surface area contributed by atoms with Crippen LogP contribution in [-0.2, 0) is 0 Å².